The topological polar surface area (TPSA) is 69.0 Å². The van der Waals surface area contributed by atoms with Crippen LogP contribution in [0.15, 0.2) is 65.3 Å². The van der Waals surface area contributed by atoms with E-state index in [0.29, 0.717) is 17.8 Å². The zero-order valence-corrected chi connectivity index (χ0v) is 21.9. The highest BCUT2D eigenvalue weighted by Crippen LogP contribution is 2.31. The summed E-state index contributed by atoms with van der Waals surface area (Å²) in [6.45, 7) is 14.1. The summed E-state index contributed by atoms with van der Waals surface area (Å²) in [6, 6.07) is 17.3. The van der Waals surface area contributed by atoms with Crippen molar-refractivity contribution in [2.24, 2.45) is 0 Å². The molecular formula is C29H36N4O3. The Morgan fingerprint density at radius 2 is 1.61 bits per heavy atom. The van der Waals surface area contributed by atoms with Crippen LogP contribution in [0.25, 0.3) is 0 Å². The lowest BCUT2D eigenvalue weighted by molar-refractivity contribution is 0.0598. The molecule has 1 aromatic heterocycles. The molecule has 2 aromatic carbocycles. The van der Waals surface area contributed by atoms with Crippen molar-refractivity contribution >= 4 is 28.9 Å². The van der Waals surface area contributed by atoms with E-state index >= 15 is 0 Å². The maximum Gasteiger partial charge on any atom is 0.291 e. The van der Waals surface area contributed by atoms with Crippen LogP contribution in [-0.4, -0.2) is 55.0 Å². The van der Waals surface area contributed by atoms with Crippen molar-refractivity contribution < 1.29 is 14.0 Å². The quantitative estimate of drug-likeness (QED) is 0.501. The van der Waals surface area contributed by atoms with Crippen LogP contribution in [0.4, 0.5) is 17.1 Å². The number of carbonyl (C=O) groups is 2. The first-order chi connectivity index (χ1) is 17.2. The Labute approximate surface area is 213 Å². The van der Waals surface area contributed by atoms with E-state index in [0.717, 1.165) is 31.9 Å². The van der Waals surface area contributed by atoms with E-state index in [9.17, 15) is 9.59 Å². The van der Waals surface area contributed by atoms with Crippen LogP contribution < -0.4 is 15.1 Å². The van der Waals surface area contributed by atoms with Gasteiger partial charge in [0.2, 0.25) is 0 Å². The fourth-order valence-corrected chi connectivity index (χ4v) is 4.82. The van der Waals surface area contributed by atoms with Crippen molar-refractivity contribution in [3.63, 3.8) is 0 Å². The van der Waals surface area contributed by atoms with Gasteiger partial charge in [0.25, 0.3) is 11.8 Å². The van der Waals surface area contributed by atoms with Gasteiger partial charge in [0.1, 0.15) is 0 Å². The van der Waals surface area contributed by atoms with Crippen LogP contribution in [0, 0.1) is 6.92 Å². The number of hydrogen-bond acceptors (Lipinski definition) is 5. The second kappa shape index (κ2) is 10.5. The van der Waals surface area contributed by atoms with Gasteiger partial charge >= 0.3 is 0 Å². The van der Waals surface area contributed by atoms with Crippen LogP contribution in [0.1, 0.15) is 54.2 Å². The monoisotopic (exact) mass is 488 g/mol. The Balaban J connectivity index is 1.61. The molecule has 0 atom stereocenters. The molecule has 1 fully saturated rings. The average molecular weight is 489 g/mol. The van der Waals surface area contributed by atoms with Crippen LogP contribution >= 0.6 is 0 Å². The Morgan fingerprint density at radius 1 is 0.944 bits per heavy atom. The minimum Gasteiger partial charge on any atom is -0.459 e. The van der Waals surface area contributed by atoms with Crippen molar-refractivity contribution in [1.29, 1.82) is 0 Å². The third-order valence-electron chi connectivity index (χ3n) is 6.68. The SMILES string of the molecule is CCN(C(=O)c1ccc(N2CCN(c3ccccc3C)CC2)c(NC(=O)c2ccco2)c1)C(C)(C)C. The number of amides is 2. The molecule has 0 bridgehead atoms. The Morgan fingerprint density at radius 3 is 2.19 bits per heavy atom. The number of benzene rings is 2. The summed E-state index contributed by atoms with van der Waals surface area (Å²) in [7, 11) is 0. The maximum absolute atomic E-state index is 13.4. The molecule has 1 aliphatic rings. The largest absolute Gasteiger partial charge is 0.459 e. The number of carbonyl (C=O) groups excluding carboxylic acids is 2. The maximum atomic E-state index is 13.4. The van der Waals surface area contributed by atoms with E-state index < -0.39 is 0 Å². The lowest BCUT2D eigenvalue weighted by atomic mass is 10.0. The highest BCUT2D eigenvalue weighted by molar-refractivity contribution is 6.05. The van der Waals surface area contributed by atoms with Crippen molar-refractivity contribution in [2.45, 2.75) is 40.2 Å². The Bertz CT molecular complexity index is 1210. The second-order valence-corrected chi connectivity index (χ2v) is 10.1. The van der Waals surface area contributed by atoms with E-state index in [1.54, 1.807) is 18.2 Å². The number of anilines is 3. The molecule has 36 heavy (non-hydrogen) atoms. The summed E-state index contributed by atoms with van der Waals surface area (Å²) >= 11 is 0. The summed E-state index contributed by atoms with van der Waals surface area (Å²) in [4.78, 5) is 32.8. The normalized spacial score (nSPS) is 14.0. The zero-order valence-electron chi connectivity index (χ0n) is 21.9. The first-order valence-electron chi connectivity index (χ1n) is 12.6. The first kappa shape index (κ1) is 25.4. The average Bonchev–Trinajstić information content (AvgIpc) is 3.39. The van der Waals surface area contributed by atoms with E-state index in [1.165, 1.54) is 17.5 Å². The van der Waals surface area contributed by atoms with E-state index in [1.807, 2.05) is 44.7 Å². The minimum atomic E-state index is -0.340. The molecule has 0 saturated carbocycles. The number of nitrogens with zero attached hydrogens (tertiary/aromatic N) is 3. The predicted octanol–water partition coefficient (Wildman–Crippen LogP) is 5.43. The van der Waals surface area contributed by atoms with Gasteiger partial charge in [-0.05, 0) is 76.6 Å². The molecule has 1 aliphatic heterocycles. The van der Waals surface area contributed by atoms with Gasteiger partial charge in [0.15, 0.2) is 5.76 Å². The number of para-hydroxylation sites is 1. The molecule has 3 aromatic rings. The van der Waals surface area contributed by atoms with Gasteiger partial charge < -0.3 is 24.4 Å². The molecule has 0 aliphatic carbocycles. The van der Waals surface area contributed by atoms with Gasteiger partial charge in [-0.3, -0.25) is 9.59 Å². The standard InChI is InChI=1S/C29H36N4O3/c1-6-33(29(3,4)5)28(35)22-13-14-25(23(20-22)30-27(34)26-12-9-19-36-26)32-17-15-31(16-18-32)24-11-8-7-10-21(24)2/h7-14,19-20H,6,15-18H2,1-5H3,(H,30,34). The molecule has 2 heterocycles. The van der Waals surface area contributed by atoms with E-state index in [4.69, 9.17) is 4.42 Å². The smallest absolute Gasteiger partial charge is 0.291 e. The first-order valence-corrected chi connectivity index (χ1v) is 12.6. The zero-order chi connectivity index (χ0) is 25.9. The molecular weight excluding hydrogens is 452 g/mol. The van der Waals surface area contributed by atoms with Gasteiger partial charge in [-0.25, -0.2) is 0 Å². The van der Waals surface area contributed by atoms with Crippen molar-refractivity contribution in [3.8, 4) is 0 Å². The highest BCUT2D eigenvalue weighted by atomic mass is 16.3. The predicted molar refractivity (Wildman–Crippen MR) is 145 cm³/mol. The van der Waals surface area contributed by atoms with Crippen LogP contribution in [0.3, 0.4) is 0 Å². The number of nitrogens with one attached hydrogen (secondary N) is 1. The number of piperazine rings is 1. The van der Waals surface area contributed by atoms with Crippen LogP contribution in [0.2, 0.25) is 0 Å². The van der Waals surface area contributed by atoms with Crippen LogP contribution in [-0.2, 0) is 0 Å². The number of rotatable bonds is 6. The van der Waals surface area contributed by atoms with Gasteiger partial charge in [0.05, 0.1) is 17.6 Å². The van der Waals surface area contributed by atoms with Crippen LogP contribution in [0.5, 0.6) is 0 Å². The lowest BCUT2D eigenvalue weighted by Crippen LogP contribution is -2.47. The summed E-state index contributed by atoms with van der Waals surface area (Å²) in [5, 5.41) is 2.99. The third-order valence-corrected chi connectivity index (χ3v) is 6.68. The van der Waals surface area contributed by atoms with Gasteiger partial charge in [-0.2, -0.15) is 0 Å². The molecule has 190 valence electrons. The van der Waals surface area contributed by atoms with Gasteiger partial charge in [0, 0.05) is 49.5 Å². The number of furan rings is 1. The second-order valence-electron chi connectivity index (χ2n) is 10.1. The van der Waals surface area contributed by atoms with Gasteiger partial charge in [-0.1, -0.05) is 18.2 Å². The summed E-state index contributed by atoms with van der Waals surface area (Å²) in [5.74, 6) is -0.172. The fourth-order valence-electron chi connectivity index (χ4n) is 4.82. The molecule has 1 N–H and O–H groups in total. The van der Waals surface area contributed by atoms with Crippen molar-refractivity contribution in [3.05, 3.63) is 77.7 Å². The summed E-state index contributed by atoms with van der Waals surface area (Å²) in [5.41, 5.74) is 4.26. The van der Waals surface area contributed by atoms with E-state index in [-0.39, 0.29) is 23.1 Å². The highest BCUT2D eigenvalue weighted by Gasteiger charge is 2.28. The molecule has 2 amide bonds. The summed E-state index contributed by atoms with van der Waals surface area (Å²) in [6.07, 6.45) is 1.48. The molecule has 7 heteroatoms. The van der Waals surface area contributed by atoms with Crippen molar-refractivity contribution in [2.75, 3.05) is 47.8 Å². The minimum absolute atomic E-state index is 0.0607. The third kappa shape index (κ3) is 5.40. The molecule has 0 radical (unpaired) electrons. The van der Waals surface area contributed by atoms with Crippen molar-refractivity contribution in [1.82, 2.24) is 4.90 Å². The van der Waals surface area contributed by atoms with Gasteiger partial charge in [-0.15, -0.1) is 0 Å². The summed E-state index contributed by atoms with van der Waals surface area (Å²) < 4.78 is 5.30. The lowest BCUT2D eigenvalue weighted by Gasteiger charge is -2.39. The number of aryl methyl sites for hydroxylation is 1. The molecule has 0 spiro atoms. The fraction of sp³-hybridized carbons (Fsp3) is 0.379. The Hall–Kier alpha value is -3.74. The van der Waals surface area contributed by atoms with E-state index in [2.05, 4.69) is 46.3 Å². The molecule has 0 unspecified atom stereocenters. The molecule has 7 nitrogen and oxygen atoms in total. The molecule has 1 saturated heterocycles. The Kier molecular flexibility index (Phi) is 7.38. The molecule has 4 rings (SSSR count). The number of hydrogen-bond donors (Lipinski definition) is 1.